The minimum Gasteiger partial charge on any atom is -0.332 e. The molecule has 0 bridgehead atoms. The van der Waals surface area contributed by atoms with E-state index < -0.39 is 0 Å². The van der Waals surface area contributed by atoms with Gasteiger partial charge >= 0.3 is 6.03 Å². The Labute approximate surface area is 202 Å². The summed E-state index contributed by atoms with van der Waals surface area (Å²) in [5, 5.41) is 9.77. The van der Waals surface area contributed by atoms with Crippen LogP contribution >= 0.6 is 0 Å². The summed E-state index contributed by atoms with van der Waals surface area (Å²) in [7, 11) is 0. The first-order valence-electron chi connectivity index (χ1n) is 11.2. The molecule has 2 aromatic heterocycles. The van der Waals surface area contributed by atoms with E-state index in [1.54, 1.807) is 6.33 Å². The Balaban J connectivity index is 1.20. The van der Waals surface area contributed by atoms with Crippen LogP contribution in [-0.2, 0) is 6.54 Å². The molecule has 0 fully saturated rings. The summed E-state index contributed by atoms with van der Waals surface area (Å²) in [6.07, 6.45) is 3.60. The number of hydrogen-bond donors (Lipinski definition) is 2. The summed E-state index contributed by atoms with van der Waals surface area (Å²) in [5.74, 6) is 0.920. The number of imidazole rings is 1. The van der Waals surface area contributed by atoms with Crippen molar-refractivity contribution in [1.82, 2.24) is 19.7 Å². The minimum absolute atomic E-state index is 0.287. The molecule has 5 aromatic rings. The van der Waals surface area contributed by atoms with Crippen LogP contribution in [0.15, 0.2) is 89.8 Å². The van der Waals surface area contributed by atoms with Gasteiger partial charge < -0.3 is 19.7 Å². The van der Waals surface area contributed by atoms with Crippen molar-refractivity contribution >= 4 is 17.4 Å². The van der Waals surface area contributed by atoms with E-state index in [1.807, 2.05) is 97.4 Å². The molecule has 0 aliphatic heterocycles. The van der Waals surface area contributed by atoms with Crippen LogP contribution in [0.2, 0.25) is 0 Å². The highest BCUT2D eigenvalue weighted by Crippen LogP contribution is 2.23. The fraction of sp³-hybridized carbons (Fsp3) is 0.111. The van der Waals surface area contributed by atoms with Crippen molar-refractivity contribution in [3.63, 3.8) is 0 Å². The van der Waals surface area contributed by atoms with Crippen LogP contribution in [-0.4, -0.2) is 25.7 Å². The van der Waals surface area contributed by atoms with E-state index in [-0.39, 0.29) is 6.03 Å². The third kappa shape index (κ3) is 5.27. The number of anilines is 2. The lowest BCUT2D eigenvalue weighted by Gasteiger charge is -2.09. The lowest BCUT2D eigenvalue weighted by atomic mass is 10.1. The van der Waals surface area contributed by atoms with Crippen molar-refractivity contribution in [2.75, 3.05) is 10.6 Å². The number of carbonyl (C=O) groups is 1. The fourth-order valence-corrected chi connectivity index (χ4v) is 3.65. The Kier molecular flexibility index (Phi) is 6.09. The third-order valence-corrected chi connectivity index (χ3v) is 5.55. The molecule has 2 heterocycles. The molecule has 0 saturated carbocycles. The number of amides is 2. The molecule has 2 amide bonds. The highest BCUT2D eigenvalue weighted by molar-refractivity contribution is 5.99. The maximum atomic E-state index is 12.2. The predicted octanol–water partition coefficient (Wildman–Crippen LogP) is 5.91. The molecule has 0 radical (unpaired) electrons. The molecule has 8 nitrogen and oxygen atoms in total. The van der Waals surface area contributed by atoms with Crippen LogP contribution in [0.25, 0.3) is 23.0 Å². The van der Waals surface area contributed by atoms with E-state index in [9.17, 15) is 4.79 Å². The SMILES string of the molecule is Cc1ccc(NC(=O)Nc2ccc(Cn3cnc(-c4nc(-c5ccccc5C)no4)c3)cc2)cc1. The number of urea groups is 1. The van der Waals surface area contributed by atoms with E-state index >= 15 is 0 Å². The van der Waals surface area contributed by atoms with Crippen LogP contribution in [0.4, 0.5) is 16.2 Å². The molecule has 0 spiro atoms. The highest BCUT2D eigenvalue weighted by Gasteiger charge is 2.14. The maximum Gasteiger partial charge on any atom is 0.323 e. The number of benzene rings is 3. The average Bonchev–Trinajstić information content (AvgIpc) is 3.52. The number of nitrogens with zero attached hydrogens (tertiary/aromatic N) is 4. The van der Waals surface area contributed by atoms with Crippen molar-refractivity contribution in [1.29, 1.82) is 0 Å². The first-order chi connectivity index (χ1) is 17.0. The van der Waals surface area contributed by atoms with Gasteiger partial charge in [-0.2, -0.15) is 4.98 Å². The maximum absolute atomic E-state index is 12.2. The van der Waals surface area contributed by atoms with Gasteiger partial charge in [-0.05, 0) is 49.2 Å². The summed E-state index contributed by atoms with van der Waals surface area (Å²) in [5.41, 5.74) is 6.28. The van der Waals surface area contributed by atoms with E-state index in [4.69, 9.17) is 4.52 Å². The van der Waals surface area contributed by atoms with Gasteiger partial charge in [-0.15, -0.1) is 0 Å². The Hall–Kier alpha value is -4.72. The van der Waals surface area contributed by atoms with Crippen LogP contribution in [0.3, 0.4) is 0 Å². The molecular formula is C27H24N6O2. The zero-order chi connectivity index (χ0) is 24.2. The molecule has 174 valence electrons. The summed E-state index contributed by atoms with van der Waals surface area (Å²) in [4.78, 5) is 21.2. The van der Waals surface area contributed by atoms with Gasteiger partial charge in [-0.1, -0.05) is 59.3 Å². The molecule has 8 heteroatoms. The number of carbonyl (C=O) groups excluding carboxylic acids is 1. The van der Waals surface area contributed by atoms with Crippen molar-refractivity contribution in [3.8, 4) is 23.0 Å². The van der Waals surface area contributed by atoms with Gasteiger partial charge in [0.1, 0.15) is 5.69 Å². The molecule has 0 atom stereocenters. The highest BCUT2D eigenvalue weighted by atomic mass is 16.5. The van der Waals surface area contributed by atoms with Gasteiger partial charge in [0.05, 0.1) is 6.33 Å². The summed E-state index contributed by atoms with van der Waals surface area (Å²) >= 11 is 0. The second kappa shape index (κ2) is 9.64. The van der Waals surface area contributed by atoms with Crippen LogP contribution in [0, 0.1) is 13.8 Å². The Morgan fingerprint density at radius 3 is 2.31 bits per heavy atom. The third-order valence-electron chi connectivity index (χ3n) is 5.55. The first kappa shape index (κ1) is 22.1. The molecule has 0 saturated heterocycles. The average molecular weight is 465 g/mol. The zero-order valence-corrected chi connectivity index (χ0v) is 19.4. The van der Waals surface area contributed by atoms with Crippen molar-refractivity contribution in [3.05, 3.63) is 102 Å². The minimum atomic E-state index is -0.287. The number of aryl methyl sites for hydroxylation is 2. The topological polar surface area (TPSA) is 97.9 Å². The summed E-state index contributed by atoms with van der Waals surface area (Å²) < 4.78 is 7.39. The normalized spacial score (nSPS) is 10.8. The van der Waals surface area contributed by atoms with E-state index in [0.29, 0.717) is 29.6 Å². The quantitative estimate of drug-likeness (QED) is 0.326. The molecule has 5 rings (SSSR count). The summed E-state index contributed by atoms with van der Waals surface area (Å²) in [6, 6.07) is 22.9. The van der Waals surface area contributed by atoms with Crippen LogP contribution in [0.1, 0.15) is 16.7 Å². The number of rotatable bonds is 6. The molecule has 0 aliphatic carbocycles. The lowest BCUT2D eigenvalue weighted by Crippen LogP contribution is -2.19. The first-order valence-corrected chi connectivity index (χ1v) is 11.2. The Bertz CT molecular complexity index is 1450. The van der Waals surface area contributed by atoms with Crippen LogP contribution in [0.5, 0.6) is 0 Å². The van der Waals surface area contributed by atoms with E-state index in [0.717, 1.165) is 27.9 Å². The number of aromatic nitrogens is 4. The van der Waals surface area contributed by atoms with Gasteiger partial charge in [-0.25, -0.2) is 9.78 Å². The zero-order valence-electron chi connectivity index (χ0n) is 19.4. The largest absolute Gasteiger partial charge is 0.332 e. The van der Waals surface area contributed by atoms with Crippen LogP contribution < -0.4 is 10.6 Å². The lowest BCUT2D eigenvalue weighted by molar-refractivity contribution is 0.262. The van der Waals surface area contributed by atoms with Gasteiger partial charge in [0.15, 0.2) is 0 Å². The van der Waals surface area contributed by atoms with Gasteiger partial charge in [0.2, 0.25) is 5.82 Å². The Morgan fingerprint density at radius 1 is 0.914 bits per heavy atom. The van der Waals surface area contributed by atoms with Gasteiger partial charge in [0, 0.05) is 29.7 Å². The molecule has 2 N–H and O–H groups in total. The molecular weight excluding hydrogens is 440 g/mol. The Morgan fingerprint density at radius 2 is 1.60 bits per heavy atom. The van der Waals surface area contributed by atoms with E-state index in [2.05, 4.69) is 25.8 Å². The predicted molar refractivity (Wildman–Crippen MR) is 135 cm³/mol. The van der Waals surface area contributed by atoms with Gasteiger partial charge in [0.25, 0.3) is 5.89 Å². The second-order valence-electron chi connectivity index (χ2n) is 8.31. The molecule has 0 unspecified atom stereocenters. The van der Waals surface area contributed by atoms with E-state index in [1.165, 1.54) is 0 Å². The summed E-state index contributed by atoms with van der Waals surface area (Å²) in [6.45, 7) is 4.63. The van der Waals surface area contributed by atoms with Gasteiger partial charge in [-0.3, -0.25) is 0 Å². The monoisotopic (exact) mass is 464 g/mol. The molecule has 35 heavy (non-hydrogen) atoms. The smallest absolute Gasteiger partial charge is 0.323 e. The second-order valence-corrected chi connectivity index (χ2v) is 8.31. The van der Waals surface area contributed by atoms with Crippen molar-refractivity contribution in [2.45, 2.75) is 20.4 Å². The van der Waals surface area contributed by atoms with Crippen molar-refractivity contribution in [2.24, 2.45) is 0 Å². The standard InChI is InChI=1S/C27H24N6O2/c1-18-7-11-21(12-8-18)29-27(34)30-22-13-9-20(10-14-22)15-33-16-24(28-17-33)26-31-25(32-35-26)23-6-4-3-5-19(23)2/h3-14,16-17H,15H2,1-2H3,(H2,29,30,34). The molecule has 3 aromatic carbocycles. The molecule has 0 aliphatic rings. The number of hydrogen-bond acceptors (Lipinski definition) is 5. The van der Waals surface area contributed by atoms with Crippen molar-refractivity contribution < 1.29 is 9.32 Å². The fourth-order valence-electron chi connectivity index (χ4n) is 3.65. The number of nitrogens with one attached hydrogen (secondary N) is 2.